The van der Waals surface area contributed by atoms with Gasteiger partial charge in [0.2, 0.25) is 12.7 Å². The van der Waals surface area contributed by atoms with Crippen LogP contribution in [0.15, 0.2) is 85.5 Å². The van der Waals surface area contributed by atoms with Crippen LogP contribution in [0.2, 0.25) is 0 Å². The van der Waals surface area contributed by atoms with Crippen LogP contribution >= 0.6 is 0 Å². The average Bonchev–Trinajstić information content (AvgIpc) is 3.33. The first-order valence-corrected chi connectivity index (χ1v) is 11.3. The molecule has 5 aromatic rings. The molecule has 0 N–H and O–H groups in total. The molecular weight excluding hydrogens is 392 g/mol. The summed E-state index contributed by atoms with van der Waals surface area (Å²) in [6.45, 7) is 13.5. The number of hydrogen-bond acceptors (Lipinski definition) is 0. The van der Waals surface area contributed by atoms with Gasteiger partial charge in [-0.05, 0) is 77.9 Å². The first-order chi connectivity index (χ1) is 15.1. The number of rotatable bonds is 2. The van der Waals surface area contributed by atoms with E-state index in [0.29, 0.717) is 0 Å². The summed E-state index contributed by atoms with van der Waals surface area (Å²) in [6.07, 6.45) is 4.46. The van der Waals surface area contributed by atoms with Gasteiger partial charge in [-0.2, -0.15) is 9.13 Å². The minimum atomic E-state index is -0.00263. The van der Waals surface area contributed by atoms with Crippen molar-refractivity contribution < 1.29 is 9.13 Å². The lowest BCUT2D eigenvalue weighted by Gasteiger charge is -2.14. The van der Waals surface area contributed by atoms with Gasteiger partial charge in [0.15, 0.2) is 22.1 Å². The molecule has 0 fully saturated rings. The van der Waals surface area contributed by atoms with Crippen LogP contribution in [-0.2, 0) is 11.1 Å². The lowest BCUT2D eigenvalue weighted by atomic mass is 10.1. The number of hydrogen-bond donors (Lipinski definition) is 0. The van der Waals surface area contributed by atoms with Crippen LogP contribution in [0.3, 0.4) is 0 Å². The maximum absolute atomic E-state index is 2.35. The second-order valence-corrected chi connectivity index (χ2v) is 10.5. The SMILES string of the molecule is CC(C)(C)[n+]1cn(-c2cccc(-n3c[n+](C(C)(C)C)c4ccccc43)c2)c2ccccc21. The predicted octanol–water partition coefficient (Wildman–Crippen LogP) is 5.66. The molecule has 0 aliphatic rings. The van der Waals surface area contributed by atoms with Crippen molar-refractivity contribution in [3.63, 3.8) is 0 Å². The normalized spacial score (nSPS) is 12.7. The quantitative estimate of drug-likeness (QED) is 0.326. The lowest BCUT2D eigenvalue weighted by Crippen LogP contribution is -2.49. The second-order valence-electron chi connectivity index (χ2n) is 10.5. The number of imidazole rings is 2. The summed E-state index contributed by atoms with van der Waals surface area (Å²) in [7, 11) is 0. The van der Waals surface area contributed by atoms with Crippen LogP contribution < -0.4 is 9.13 Å². The molecule has 2 heterocycles. The Morgan fingerprint density at radius 3 is 1.34 bits per heavy atom. The van der Waals surface area contributed by atoms with Crippen molar-refractivity contribution in [3.8, 4) is 11.4 Å². The van der Waals surface area contributed by atoms with E-state index in [2.05, 4.69) is 145 Å². The summed E-state index contributed by atoms with van der Waals surface area (Å²) < 4.78 is 9.31. The fourth-order valence-electron chi connectivity index (χ4n) is 4.50. The molecule has 5 rings (SSSR count). The molecule has 0 radical (unpaired) electrons. The molecule has 3 aromatic carbocycles. The molecule has 4 heteroatoms. The van der Waals surface area contributed by atoms with E-state index in [4.69, 9.17) is 0 Å². The first kappa shape index (κ1) is 20.5. The van der Waals surface area contributed by atoms with Gasteiger partial charge in [0, 0.05) is 6.07 Å². The van der Waals surface area contributed by atoms with E-state index in [9.17, 15) is 0 Å². The molecule has 0 amide bonds. The molecular formula is C28H32N4+2. The van der Waals surface area contributed by atoms with Crippen molar-refractivity contribution in [2.75, 3.05) is 0 Å². The molecule has 0 unspecified atom stereocenters. The van der Waals surface area contributed by atoms with E-state index in [1.807, 2.05) is 0 Å². The second kappa shape index (κ2) is 7.06. The topological polar surface area (TPSA) is 17.6 Å². The molecule has 0 aliphatic heterocycles. The van der Waals surface area contributed by atoms with Crippen molar-refractivity contribution in [1.82, 2.24) is 9.13 Å². The molecule has 0 saturated carbocycles. The molecule has 32 heavy (non-hydrogen) atoms. The largest absolute Gasteiger partial charge is 0.250 e. The molecule has 0 aliphatic carbocycles. The molecule has 4 nitrogen and oxygen atoms in total. The zero-order valence-electron chi connectivity index (χ0n) is 19.9. The van der Waals surface area contributed by atoms with E-state index in [0.717, 1.165) is 11.4 Å². The highest BCUT2D eigenvalue weighted by atomic mass is 15.2. The number of aromatic nitrogens is 4. The molecule has 0 atom stereocenters. The lowest BCUT2D eigenvalue weighted by molar-refractivity contribution is -0.731. The van der Waals surface area contributed by atoms with E-state index >= 15 is 0 Å². The van der Waals surface area contributed by atoms with Crippen molar-refractivity contribution in [2.24, 2.45) is 0 Å². The minimum absolute atomic E-state index is 0.00263. The van der Waals surface area contributed by atoms with Gasteiger partial charge in [-0.3, -0.25) is 0 Å². The van der Waals surface area contributed by atoms with Gasteiger partial charge in [0.25, 0.3) is 0 Å². The van der Waals surface area contributed by atoms with E-state index in [-0.39, 0.29) is 11.1 Å². The molecule has 2 aromatic heterocycles. The van der Waals surface area contributed by atoms with Crippen molar-refractivity contribution in [1.29, 1.82) is 0 Å². The number of benzene rings is 3. The first-order valence-electron chi connectivity index (χ1n) is 11.3. The van der Waals surface area contributed by atoms with Crippen LogP contribution in [0.4, 0.5) is 0 Å². The summed E-state index contributed by atoms with van der Waals surface area (Å²) >= 11 is 0. The van der Waals surface area contributed by atoms with Crippen LogP contribution in [0.25, 0.3) is 33.4 Å². The molecule has 0 bridgehead atoms. The Bertz CT molecular complexity index is 1330. The van der Waals surface area contributed by atoms with Crippen LogP contribution in [0, 0.1) is 0 Å². The Morgan fingerprint density at radius 2 is 0.938 bits per heavy atom. The predicted molar refractivity (Wildman–Crippen MR) is 130 cm³/mol. The average molecular weight is 425 g/mol. The Labute approximate surface area is 190 Å². The Morgan fingerprint density at radius 1 is 0.531 bits per heavy atom. The van der Waals surface area contributed by atoms with Crippen LogP contribution in [0.5, 0.6) is 0 Å². The molecule has 162 valence electrons. The Hall–Kier alpha value is -3.40. The fourth-order valence-corrected chi connectivity index (χ4v) is 4.50. The highest BCUT2D eigenvalue weighted by molar-refractivity contribution is 5.76. The summed E-state index contributed by atoms with van der Waals surface area (Å²) in [5.74, 6) is 0. The van der Waals surface area contributed by atoms with Crippen molar-refractivity contribution >= 4 is 22.1 Å². The number of fused-ring (bicyclic) bond motifs is 2. The third-order valence-electron chi connectivity index (χ3n) is 6.09. The smallest absolute Gasteiger partial charge is 0.225 e. The summed E-state index contributed by atoms with van der Waals surface area (Å²) in [5, 5.41) is 0. The fraction of sp³-hybridized carbons (Fsp3) is 0.286. The third-order valence-corrected chi connectivity index (χ3v) is 6.09. The van der Waals surface area contributed by atoms with Gasteiger partial charge >= 0.3 is 0 Å². The highest BCUT2D eigenvalue weighted by Crippen LogP contribution is 2.24. The third kappa shape index (κ3) is 3.31. The van der Waals surface area contributed by atoms with Crippen LogP contribution in [-0.4, -0.2) is 9.13 Å². The molecule has 0 spiro atoms. The van der Waals surface area contributed by atoms with Crippen molar-refractivity contribution in [3.05, 3.63) is 85.5 Å². The summed E-state index contributed by atoms with van der Waals surface area (Å²) in [6, 6.07) is 26.0. The Balaban J connectivity index is 1.72. The van der Waals surface area contributed by atoms with E-state index < -0.39 is 0 Å². The maximum atomic E-state index is 2.35. The monoisotopic (exact) mass is 424 g/mol. The van der Waals surface area contributed by atoms with Gasteiger partial charge in [-0.25, -0.2) is 9.13 Å². The van der Waals surface area contributed by atoms with Gasteiger partial charge in [0.1, 0.15) is 22.5 Å². The summed E-state index contributed by atoms with van der Waals surface area (Å²) in [5.41, 5.74) is 7.20. The zero-order valence-corrected chi connectivity index (χ0v) is 19.9. The van der Waals surface area contributed by atoms with Gasteiger partial charge < -0.3 is 0 Å². The summed E-state index contributed by atoms with van der Waals surface area (Å²) in [4.78, 5) is 0. The highest BCUT2D eigenvalue weighted by Gasteiger charge is 2.28. The van der Waals surface area contributed by atoms with Gasteiger partial charge in [-0.1, -0.05) is 30.3 Å². The zero-order chi connectivity index (χ0) is 22.7. The van der Waals surface area contributed by atoms with E-state index in [1.54, 1.807) is 0 Å². The van der Waals surface area contributed by atoms with Crippen molar-refractivity contribution in [2.45, 2.75) is 52.6 Å². The maximum Gasteiger partial charge on any atom is 0.250 e. The molecule has 0 saturated heterocycles. The standard InChI is InChI=1S/C28H32N4/c1-27(2,3)31-19-29(23-14-7-9-16-25(23)31)21-12-11-13-22(18-21)30-20-32(28(4,5)6)26-17-10-8-15-24(26)30/h7-20H,1-6H3/q+2. The van der Waals surface area contributed by atoms with Gasteiger partial charge in [0.05, 0.1) is 0 Å². The number of nitrogens with zero attached hydrogens (tertiary/aromatic N) is 4. The van der Waals surface area contributed by atoms with E-state index in [1.165, 1.54) is 22.1 Å². The minimum Gasteiger partial charge on any atom is -0.225 e. The van der Waals surface area contributed by atoms with Crippen LogP contribution in [0.1, 0.15) is 41.5 Å². The number of para-hydroxylation sites is 4. The van der Waals surface area contributed by atoms with Gasteiger partial charge in [-0.15, -0.1) is 0 Å². The Kier molecular flexibility index (Phi) is 4.52.